The van der Waals surface area contributed by atoms with Crippen LogP contribution in [-0.4, -0.2) is 12.1 Å². The van der Waals surface area contributed by atoms with Crippen LogP contribution < -0.4 is 5.32 Å². The predicted molar refractivity (Wildman–Crippen MR) is 76.4 cm³/mol. The van der Waals surface area contributed by atoms with Crippen molar-refractivity contribution in [2.75, 3.05) is 12.4 Å². The number of pyridine rings is 1. The second-order valence-corrected chi connectivity index (χ2v) is 4.91. The van der Waals surface area contributed by atoms with E-state index in [2.05, 4.69) is 44.4 Å². The molecule has 2 rings (SSSR count). The molecule has 0 aliphatic carbocycles. The molecule has 3 nitrogen and oxygen atoms in total. The minimum absolute atomic E-state index is 0.633. The SMILES string of the molecule is COCc1cccc(NCc2cncc(Br)c2)c1. The minimum atomic E-state index is 0.633. The first-order chi connectivity index (χ1) is 8.78. The van der Waals surface area contributed by atoms with Gasteiger partial charge in [-0.25, -0.2) is 0 Å². The highest BCUT2D eigenvalue weighted by Crippen LogP contribution is 2.14. The number of methoxy groups -OCH3 is 1. The average Bonchev–Trinajstić information content (AvgIpc) is 2.37. The zero-order valence-electron chi connectivity index (χ0n) is 10.2. The van der Waals surface area contributed by atoms with Gasteiger partial charge in [0.1, 0.15) is 0 Å². The Bertz CT molecular complexity index is 517. The summed E-state index contributed by atoms with van der Waals surface area (Å²) in [5.41, 5.74) is 3.39. The van der Waals surface area contributed by atoms with E-state index in [4.69, 9.17) is 4.74 Å². The van der Waals surface area contributed by atoms with Gasteiger partial charge in [-0.15, -0.1) is 0 Å². The Kier molecular flexibility index (Phi) is 4.73. The molecule has 0 amide bonds. The van der Waals surface area contributed by atoms with Crippen LogP contribution in [0.5, 0.6) is 0 Å². The predicted octanol–water partition coefficient (Wildman–Crippen LogP) is 3.60. The summed E-state index contributed by atoms with van der Waals surface area (Å²) >= 11 is 3.41. The molecule has 1 aromatic carbocycles. The lowest BCUT2D eigenvalue weighted by molar-refractivity contribution is 0.185. The molecule has 0 unspecified atom stereocenters. The maximum atomic E-state index is 5.12. The highest BCUT2D eigenvalue weighted by atomic mass is 79.9. The standard InChI is InChI=1S/C14H15BrN2O/c1-18-10-11-3-2-4-14(6-11)17-8-12-5-13(15)9-16-7-12/h2-7,9,17H,8,10H2,1H3. The van der Waals surface area contributed by atoms with Crippen LogP contribution in [0.1, 0.15) is 11.1 Å². The van der Waals surface area contributed by atoms with Gasteiger partial charge in [0.25, 0.3) is 0 Å². The number of rotatable bonds is 5. The van der Waals surface area contributed by atoms with Crippen molar-refractivity contribution in [3.63, 3.8) is 0 Å². The van der Waals surface area contributed by atoms with Crippen molar-refractivity contribution in [1.29, 1.82) is 0 Å². The quantitative estimate of drug-likeness (QED) is 0.916. The number of halogens is 1. The van der Waals surface area contributed by atoms with E-state index in [0.717, 1.165) is 27.8 Å². The van der Waals surface area contributed by atoms with Crippen molar-refractivity contribution in [3.8, 4) is 0 Å². The van der Waals surface area contributed by atoms with Gasteiger partial charge in [0.2, 0.25) is 0 Å². The normalized spacial score (nSPS) is 10.3. The van der Waals surface area contributed by atoms with Gasteiger partial charge in [-0.2, -0.15) is 0 Å². The first-order valence-corrected chi connectivity index (χ1v) is 6.48. The van der Waals surface area contributed by atoms with Crippen molar-refractivity contribution < 1.29 is 4.74 Å². The van der Waals surface area contributed by atoms with Gasteiger partial charge in [-0.3, -0.25) is 4.98 Å². The van der Waals surface area contributed by atoms with Gasteiger partial charge in [-0.05, 0) is 45.3 Å². The van der Waals surface area contributed by atoms with E-state index < -0.39 is 0 Å². The number of ether oxygens (including phenoxy) is 1. The van der Waals surface area contributed by atoms with E-state index in [-0.39, 0.29) is 0 Å². The number of anilines is 1. The van der Waals surface area contributed by atoms with Crippen molar-refractivity contribution >= 4 is 21.6 Å². The molecule has 0 fully saturated rings. The Labute approximate surface area is 115 Å². The molecule has 2 aromatic rings. The average molecular weight is 307 g/mol. The van der Waals surface area contributed by atoms with Gasteiger partial charge in [0, 0.05) is 36.2 Å². The Hall–Kier alpha value is -1.39. The van der Waals surface area contributed by atoms with Gasteiger partial charge in [0.05, 0.1) is 6.61 Å². The van der Waals surface area contributed by atoms with Crippen LogP contribution in [0.2, 0.25) is 0 Å². The van der Waals surface area contributed by atoms with Gasteiger partial charge in [-0.1, -0.05) is 12.1 Å². The summed E-state index contributed by atoms with van der Waals surface area (Å²) in [4.78, 5) is 4.14. The van der Waals surface area contributed by atoms with Crippen LogP contribution in [-0.2, 0) is 17.9 Å². The summed E-state index contributed by atoms with van der Waals surface area (Å²) in [5, 5.41) is 3.37. The zero-order valence-corrected chi connectivity index (χ0v) is 11.8. The van der Waals surface area contributed by atoms with Crippen LogP contribution >= 0.6 is 15.9 Å². The third kappa shape index (κ3) is 3.82. The fraction of sp³-hybridized carbons (Fsp3) is 0.214. The fourth-order valence-electron chi connectivity index (χ4n) is 1.69. The molecule has 0 spiro atoms. The van der Waals surface area contributed by atoms with Crippen LogP contribution in [0.3, 0.4) is 0 Å². The van der Waals surface area contributed by atoms with Crippen molar-refractivity contribution in [2.45, 2.75) is 13.2 Å². The number of nitrogens with one attached hydrogen (secondary N) is 1. The monoisotopic (exact) mass is 306 g/mol. The van der Waals surface area contributed by atoms with E-state index >= 15 is 0 Å². The second kappa shape index (κ2) is 6.52. The van der Waals surface area contributed by atoms with Gasteiger partial charge in [0.15, 0.2) is 0 Å². The minimum Gasteiger partial charge on any atom is -0.381 e. The lowest BCUT2D eigenvalue weighted by atomic mass is 10.2. The van der Waals surface area contributed by atoms with E-state index in [1.165, 1.54) is 0 Å². The Morgan fingerprint density at radius 2 is 2.11 bits per heavy atom. The number of nitrogens with zero attached hydrogens (tertiary/aromatic N) is 1. The molecule has 0 aliphatic rings. The molecule has 94 valence electrons. The van der Waals surface area contributed by atoms with E-state index in [1.807, 2.05) is 18.3 Å². The molecule has 0 radical (unpaired) electrons. The van der Waals surface area contributed by atoms with E-state index in [9.17, 15) is 0 Å². The topological polar surface area (TPSA) is 34.1 Å². The first kappa shape index (κ1) is 13.1. The molecule has 0 saturated carbocycles. The Morgan fingerprint density at radius 3 is 2.89 bits per heavy atom. The van der Waals surface area contributed by atoms with Crippen LogP contribution in [0.15, 0.2) is 47.2 Å². The summed E-state index contributed by atoms with van der Waals surface area (Å²) < 4.78 is 6.11. The molecule has 0 aliphatic heterocycles. The van der Waals surface area contributed by atoms with Crippen molar-refractivity contribution in [3.05, 3.63) is 58.3 Å². The smallest absolute Gasteiger partial charge is 0.0713 e. The van der Waals surface area contributed by atoms with Crippen molar-refractivity contribution in [1.82, 2.24) is 4.98 Å². The molecule has 18 heavy (non-hydrogen) atoms. The molecule has 4 heteroatoms. The Balaban J connectivity index is 1.99. The third-order valence-electron chi connectivity index (χ3n) is 2.50. The van der Waals surface area contributed by atoms with Crippen LogP contribution in [0.4, 0.5) is 5.69 Å². The number of benzene rings is 1. The summed E-state index contributed by atoms with van der Waals surface area (Å²) in [7, 11) is 1.70. The zero-order chi connectivity index (χ0) is 12.8. The summed E-state index contributed by atoms with van der Waals surface area (Å²) in [6, 6.07) is 10.3. The van der Waals surface area contributed by atoms with Crippen LogP contribution in [0.25, 0.3) is 0 Å². The molecule has 0 atom stereocenters. The first-order valence-electron chi connectivity index (χ1n) is 5.69. The highest BCUT2D eigenvalue weighted by molar-refractivity contribution is 9.10. The van der Waals surface area contributed by atoms with Gasteiger partial charge >= 0.3 is 0 Å². The molecule has 0 saturated heterocycles. The van der Waals surface area contributed by atoms with E-state index in [0.29, 0.717) is 6.61 Å². The summed E-state index contributed by atoms with van der Waals surface area (Å²) in [5.74, 6) is 0. The molecular weight excluding hydrogens is 292 g/mol. The molecule has 1 aromatic heterocycles. The molecule has 1 N–H and O–H groups in total. The fourth-order valence-corrected chi connectivity index (χ4v) is 2.11. The lowest BCUT2D eigenvalue weighted by Crippen LogP contribution is -2.00. The van der Waals surface area contributed by atoms with Crippen LogP contribution in [0, 0.1) is 0 Å². The number of hydrogen-bond donors (Lipinski definition) is 1. The van der Waals surface area contributed by atoms with Crippen molar-refractivity contribution in [2.24, 2.45) is 0 Å². The lowest BCUT2D eigenvalue weighted by Gasteiger charge is -2.08. The maximum Gasteiger partial charge on any atom is 0.0713 e. The summed E-state index contributed by atoms with van der Waals surface area (Å²) in [6.45, 7) is 1.39. The van der Waals surface area contributed by atoms with E-state index in [1.54, 1.807) is 13.3 Å². The number of aromatic nitrogens is 1. The largest absolute Gasteiger partial charge is 0.381 e. The Morgan fingerprint density at radius 1 is 1.22 bits per heavy atom. The molecule has 1 heterocycles. The second-order valence-electron chi connectivity index (χ2n) is 4.00. The highest BCUT2D eigenvalue weighted by Gasteiger charge is 1.97. The number of hydrogen-bond acceptors (Lipinski definition) is 3. The maximum absolute atomic E-state index is 5.12. The summed E-state index contributed by atoms with van der Waals surface area (Å²) in [6.07, 6.45) is 3.64. The van der Waals surface area contributed by atoms with Gasteiger partial charge < -0.3 is 10.1 Å². The molecule has 0 bridgehead atoms. The molecular formula is C14H15BrN2O. The third-order valence-corrected chi connectivity index (χ3v) is 2.93.